The summed E-state index contributed by atoms with van der Waals surface area (Å²) in [6.07, 6.45) is 42.7. The third kappa shape index (κ3) is 10.6. The maximum absolute atomic E-state index is 13.0. The Morgan fingerprint density at radius 1 is 0.537 bits per heavy atom. The molecule has 6 saturated carbocycles. The normalized spacial score (nSPS) is 41.1. The summed E-state index contributed by atoms with van der Waals surface area (Å²) < 4.78 is 12.2. The van der Waals surface area contributed by atoms with E-state index in [1.54, 1.807) is 11.1 Å². The van der Waals surface area contributed by atoms with E-state index in [4.69, 9.17) is 9.47 Å². The fraction of sp³-hybridized carbons (Fsp3) is 0.841. The molecule has 8 aliphatic carbocycles. The lowest BCUT2D eigenvalue weighted by molar-refractivity contribution is -0.151. The van der Waals surface area contributed by atoms with Crippen molar-refractivity contribution >= 4 is 11.9 Å². The Morgan fingerprint density at radius 2 is 0.955 bits per heavy atom. The molecule has 0 N–H and O–H groups in total. The first-order valence-corrected chi connectivity index (χ1v) is 29.0. The number of ether oxygens (including phenoxy) is 2. The van der Waals surface area contributed by atoms with Crippen molar-refractivity contribution in [1.29, 1.82) is 0 Å². The molecule has 0 aromatic rings. The van der Waals surface area contributed by atoms with Crippen LogP contribution < -0.4 is 0 Å². The van der Waals surface area contributed by atoms with Gasteiger partial charge in [0.25, 0.3) is 0 Å². The highest BCUT2D eigenvalue weighted by Gasteiger charge is 2.61. The fourth-order valence-corrected chi connectivity index (χ4v) is 18.6. The maximum Gasteiger partial charge on any atom is 0.309 e. The minimum absolute atomic E-state index is 0.00462. The van der Waals surface area contributed by atoms with E-state index < -0.39 is 0 Å². The van der Waals surface area contributed by atoms with E-state index in [1.165, 1.54) is 103 Å². The standard InChI is InChI=1S/C63H100O4/c1-42(2)18-16-20-44(5)52-28-30-54-50-26-24-46-40-48(32-36-60(46,7)56(50)34-38-62(52,54)9)66-58(64)22-14-12-11-13-15-23-59(65)67-49-33-37-61(8)47(41-49)25-27-51-55-31-29-53(45(6)21-17-19-43(3)4)63(55,10)39-35-57(51)61/h12-15,24-25,42-45,48-57H,11,16-23,26-41H2,1-10H3. The van der Waals surface area contributed by atoms with E-state index in [2.05, 4.69) is 81.4 Å². The number of allylic oxidation sites excluding steroid dienone is 4. The number of carbonyl (C=O) groups excluding carboxylic acids is 2. The zero-order valence-electron chi connectivity index (χ0n) is 44.9. The smallest absolute Gasteiger partial charge is 0.309 e. The van der Waals surface area contributed by atoms with Crippen LogP contribution >= 0.6 is 0 Å². The lowest BCUT2D eigenvalue weighted by Crippen LogP contribution is -2.51. The summed E-state index contributed by atoms with van der Waals surface area (Å²) in [7, 11) is 0. The molecule has 67 heavy (non-hydrogen) atoms. The molecular formula is C63H100O4. The maximum atomic E-state index is 13.0. The Labute approximate surface area is 411 Å². The first-order chi connectivity index (χ1) is 32.0. The van der Waals surface area contributed by atoms with Crippen LogP contribution in [0.5, 0.6) is 0 Å². The number of fused-ring (bicyclic) bond motifs is 10. The molecule has 16 unspecified atom stereocenters. The average Bonchev–Trinajstić information content (AvgIpc) is 3.83. The van der Waals surface area contributed by atoms with Gasteiger partial charge in [0.15, 0.2) is 0 Å². The molecule has 0 aromatic heterocycles. The van der Waals surface area contributed by atoms with Crippen LogP contribution in [0.3, 0.4) is 0 Å². The SMILES string of the molecule is CC(C)CCCC(C)C1CCC2C3CC=C4CC(OC(=O)CC=CCC=CCC(=O)OC5CCC6(C)C(=CCC7C6CCC6(C)C(C(C)CCCC(C)C)CCC76)C5)CCC4(C)C3CCC12C. The largest absolute Gasteiger partial charge is 0.462 e. The van der Waals surface area contributed by atoms with Gasteiger partial charge in [0.2, 0.25) is 0 Å². The van der Waals surface area contributed by atoms with Gasteiger partial charge in [-0.1, -0.05) is 155 Å². The number of carbonyl (C=O) groups is 2. The molecule has 4 heteroatoms. The van der Waals surface area contributed by atoms with Crippen molar-refractivity contribution in [1.82, 2.24) is 0 Å². The van der Waals surface area contributed by atoms with Gasteiger partial charge < -0.3 is 9.47 Å². The summed E-state index contributed by atoms with van der Waals surface area (Å²) in [6, 6.07) is 0. The second-order valence-electron chi connectivity index (χ2n) is 26.9. The zero-order valence-corrected chi connectivity index (χ0v) is 44.9. The molecular weight excluding hydrogens is 821 g/mol. The van der Waals surface area contributed by atoms with Crippen LogP contribution in [0.4, 0.5) is 0 Å². The van der Waals surface area contributed by atoms with Gasteiger partial charge in [-0.05, 0) is 189 Å². The molecule has 16 atom stereocenters. The molecule has 6 fully saturated rings. The van der Waals surface area contributed by atoms with Gasteiger partial charge in [-0.25, -0.2) is 0 Å². The Hall–Kier alpha value is -2.10. The zero-order chi connectivity index (χ0) is 47.7. The minimum atomic E-state index is -0.113. The highest BCUT2D eigenvalue weighted by atomic mass is 16.5. The number of hydrogen-bond acceptors (Lipinski definition) is 4. The van der Waals surface area contributed by atoms with E-state index in [-0.39, 0.29) is 35.0 Å². The van der Waals surface area contributed by atoms with E-state index in [0.29, 0.717) is 30.1 Å². The lowest BCUT2D eigenvalue weighted by Gasteiger charge is -2.58. The molecule has 0 radical (unpaired) electrons. The Morgan fingerprint density at radius 3 is 1.36 bits per heavy atom. The predicted molar refractivity (Wildman–Crippen MR) is 278 cm³/mol. The molecule has 0 bridgehead atoms. The summed E-state index contributed by atoms with van der Waals surface area (Å²) in [5, 5.41) is 0. The van der Waals surface area contributed by atoms with Gasteiger partial charge in [-0.3, -0.25) is 9.59 Å². The number of esters is 2. The average molecular weight is 921 g/mol. The van der Waals surface area contributed by atoms with Gasteiger partial charge in [-0.2, -0.15) is 0 Å². The molecule has 0 aliphatic heterocycles. The van der Waals surface area contributed by atoms with E-state index in [1.807, 2.05) is 24.3 Å². The van der Waals surface area contributed by atoms with Crippen molar-refractivity contribution in [3.8, 4) is 0 Å². The predicted octanol–water partition coefficient (Wildman–Crippen LogP) is 17.2. The third-order valence-electron chi connectivity index (χ3n) is 22.3. The number of rotatable bonds is 18. The van der Waals surface area contributed by atoms with E-state index in [9.17, 15) is 9.59 Å². The highest BCUT2D eigenvalue weighted by Crippen LogP contribution is 2.69. The summed E-state index contributed by atoms with van der Waals surface area (Å²) in [4.78, 5) is 26.1. The molecule has 0 spiro atoms. The van der Waals surface area contributed by atoms with Crippen molar-refractivity contribution in [3.05, 3.63) is 47.6 Å². The monoisotopic (exact) mass is 921 g/mol. The quantitative estimate of drug-likeness (QED) is 0.102. The Bertz CT molecular complexity index is 1700. The van der Waals surface area contributed by atoms with Gasteiger partial charge >= 0.3 is 11.9 Å². The summed E-state index contributed by atoms with van der Waals surface area (Å²) in [5.74, 6) is 9.87. The molecule has 376 valence electrons. The van der Waals surface area contributed by atoms with Crippen molar-refractivity contribution in [2.75, 3.05) is 0 Å². The van der Waals surface area contributed by atoms with E-state index in [0.717, 1.165) is 110 Å². The van der Waals surface area contributed by atoms with Crippen LogP contribution in [-0.4, -0.2) is 24.1 Å². The Balaban J connectivity index is 0.732. The van der Waals surface area contributed by atoms with Crippen LogP contribution in [0.15, 0.2) is 47.6 Å². The molecule has 0 aromatic carbocycles. The lowest BCUT2D eigenvalue weighted by atomic mass is 9.47. The van der Waals surface area contributed by atoms with Crippen molar-refractivity contribution in [3.63, 3.8) is 0 Å². The second kappa shape index (κ2) is 21.3. The summed E-state index contributed by atoms with van der Waals surface area (Å²) >= 11 is 0. The van der Waals surface area contributed by atoms with Gasteiger partial charge in [-0.15, -0.1) is 0 Å². The third-order valence-corrected chi connectivity index (χ3v) is 22.3. The molecule has 0 heterocycles. The van der Waals surface area contributed by atoms with E-state index >= 15 is 0 Å². The Kier molecular flexibility index (Phi) is 16.3. The first kappa shape index (κ1) is 51.3. The topological polar surface area (TPSA) is 52.6 Å². The molecule has 4 nitrogen and oxygen atoms in total. The molecule has 0 amide bonds. The van der Waals surface area contributed by atoms with Crippen molar-refractivity contribution in [2.24, 2.45) is 92.7 Å². The van der Waals surface area contributed by atoms with Crippen molar-refractivity contribution < 1.29 is 19.1 Å². The highest BCUT2D eigenvalue weighted by molar-refractivity contribution is 5.72. The van der Waals surface area contributed by atoms with Crippen LogP contribution in [0.1, 0.15) is 230 Å². The van der Waals surface area contributed by atoms with Crippen molar-refractivity contribution in [2.45, 2.75) is 242 Å². The fourth-order valence-electron chi connectivity index (χ4n) is 18.6. The second-order valence-corrected chi connectivity index (χ2v) is 26.9. The molecule has 8 rings (SSSR count). The van der Waals surface area contributed by atoms with Gasteiger partial charge in [0.05, 0.1) is 12.8 Å². The molecule has 8 aliphatic rings. The number of hydrogen-bond donors (Lipinski definition) is 0. The van der Waals surface area contributed by atoms with Crippen LogP contribution in [0.25, 0.3) is 0 Å². The van der Waals surface area contributed by atoms with Gasteiger partial charge in [0.1, 0.15) is 12.2 Å². The van der Waals surface area contributed by atoms with Gasteiger partial charge in [0, 0.05) is 12.8 Å². The first-order valence-electron chi connectivity index (χ1n) is 29.0. The van der Waals surface area contributed by atoms with Crippen LogP contribution in [0, 0.1) is 92.7 Å². The minimum Gasteiger partial charge on any atom is -0.462 e. The molecule has 0 saturated heterocycles. The summed E-state index contributed by atoms with van der Waals surface area (Å²) in [5.41, 5.74) is 4.74. The summed E-state index contributed by atoms with van der Waals surface area (Å²) in [6.45, 7) is 25.2. The van der Waals surface area contributed by atoms with Crippen LogP contribution in [-0.2, 0) is 19.1 Å². The van der Waals surface area contributed by atoms with Crippen LogP contribution in [0.2, 0.25) is 0 Å².